The summed E-state index contributed by atoms with van der Waals surface area (Å²) in [5.41, 5.74) is -0.126. The molecule has 24 heavy (non-hydrogen) atoms. The Morgan fingerprint density at radius 1 is 1.38 bits per heavy atom. The first-order valence-corrected chi connectivity index (χ1v) is 9.22. The minimum Gasteiger partial charge on any atom is -0.491 e. The van der Waals surface area contributed by atoms with Gasteiger partial charge in [0.15, 0.2) is 0 Å². The molecule has 0 radical (unpaired) electrons. The van der Waals surface area contributed by atoms with E-state index in [0.29, 0.717) is 11.1 Å². The van der Waals surface area contributed by atoms with Gasteiger partial charge in [-0.15, -0.1) is 11.3 Å². The van der Waals surface area contributed by atoms with Crippen molar-refractivity contribution in [1.82, 2.24) is 9.55 Å². The predicted molar refractivity (Wildman–Crippen MR) is 98.9 cm³/mol. The number of hydrogen-bond acceptors (Lipinski definition) is 5. The Balaban J connectivity index is 1.68. The Morgan fingerprint density at radius 2 is 2.12 bits per heavy atom. The third-order valence-corrected chi connectivity index (χ3v) is 5.30. The lowest BCUT2D eigenvalue weighted by Crippen LogP contribution is -2.30. The Kier molecular flexibility index (Phi) is 5.33. The van der Waals surface area contributed by atoms with Gasteiger partial charge >= 0.3 is 0 Å². The largest absolute Gasteiger partial charge is 0.491 e. The fourth-order valence-electron chi connectivity index (χ4n) is 2.32. The van der Waals surface area contributed by atoms with Crippen LogP contribution in [-0.4, -0.2) is 27.4 Å². The summed E-state index contributed by atoms with van der Waals surface area (Å²) in [5, 5.41) is 10.8. The average molecular weight is 409 g/mol. The second-order valence-corrected chi connectivity index (χ2v) is 7.44. The van der Waals surface area contributed by atoms with E-state index in [2.05, 4.69) is 20.9 Å². The van der Waals surface area contributed by atoms with Crippen LogP contribution in [0.5, 0.6) is 5.75 Å². The van der Waals surface area contributed by atoms with Gasteiger partial charge in [-0.3, -0.25) is 9.36 Å². The van der Waals surface area contributed by atoms with Crippen molar-refractivity contribution in [3.8, 4) is 5.75 Å². The van der Waals surface area contributed by atoms with Gasteiger partial charge in [0.1, 0.15) is 23.3 Å². The smallest absolute Gasteiger partial charge is 0.262 e. The molecule has 7 heteroatoms. The standard InChI is InChI=1S/C17H17BrN2O3S/c1-2-14-7-15-16(24-14)19-10-20(17(15)22)8-12(21)9-23-13-5-3-11(18)4-6-13/h3-7,10,12,21H,2,8-9H2,1H3/t12-/m1/s1. The number of halogens is 1. The van der Waals surface area contributed by atoms with Gasteiger partial charge < -0.3 is 9.84 Å². The number of hydrogen-bond donors (Lipinski definition) is 1. The summed E-state index contributed by atoms with van der Waals surface area (Å²) in [7, 11) is 0. The summed E-state index contributed by atoms with van der Waals surface area (Å²) in [4.78, 5) is 18.7. The molecule has 3 rings (SSSR count). The summed E-state index contributed by atoms with van der Waals surface area (Å²) in [6, 6.07) is 9.25. The molecule has 1 atom stereocenters. The van der Waals surface area contributed by atoms with E-state index < -0.39 is 6.10 Å². The zero-order chi connectivity index (χ0) is 17.1. The molecule has 3 aromatic rings. The maximum absolute atomic E-state index is 12.5. The number of aryl methyl sites for hydroxylation is 1. The van der Waals surface area contributed by atoms with Gasteiger partial charge in [0.2, 0.25) is 0 Å². The Bertz CT molecular complexity index is 889. The third kappa shape index (κ3) is 3.85. The van der Waals surface area contributed by atoms with E-state index >= 15 is 0 Å². The van der Waals surface area contributed by atoms with Gasteiger partial charge in [-0.05, 0) is 36.8 Å². The lowest BCUT2D eigenvalue weighted by Gasteiger charge is -2.13. The van der Waals surface area contributed by atoms with E-state index in [-0.39, 0.29) is 18.7 Å². The van der Waals surface area contributed by atoms with E-state index in [4.69, 9.17) is 4.74 Å². The van der Waals surface area contributed by atoms with Gasteiger partial charge in [-0.2, -0.15) is 0 Å². The minimum absolute atomic E-state index is 0.107. The summed E-state index contributed by atoms with van der Waals surface area (Å²) >= 11 is 4.89. The first-order chi connectivity index (χ1) is 11.6. The Labute approximate surface area is 151 Å². The molecular formula is C17H17BrN2O3S. The van der Waals surface area contributed by atoms with Crippen LogP contribution in [0, 0.1) is 0 Å². The highest BCUT2D eigenvalue weighted by Crippen LogP contribution is 2.21. The molecule has 126 valence electrons. The molecule has 1 N–H and O–H groups in total. The monoisotopic (exact) mass is 408 g/mol. The van der Waals surface area contributed by atoms with Gasteiger partial charge in [0.05, 0.1) is 18.3 Å². The number of fused-ring (bicyclic) bond motifs is 1. The van der Waals surface area contributed by atoms with Crippen molar-refractivity contribution in [3.63, 3.8) is 0 Å². The molecule has 0 bridgehead atoms. The quantitative estimate of drug-likeness (QED) is 0.679. The van der Waals surface area contributed by atoms with Crippen LogP contribution in [0.2, 0.25) is 0 Å². The fraction of sp³-hybridized carbons (Fsp3) is 0.294. The summed E-state index contributed by atoms with van der Waals surface area (Å²) in [5.74, 6) is 0.670. The van der Waals surface area contributed by atoms with Crippen LogP contribution in [0.15, 0.2) is 45.9 Å². The van der Waals surface area contributed by atoms with E-state index in [1.165, 1.54) is 22.2 Å². The molecule has 0 aliphatic heterocycles. The molecule has 0 aliphatic carbocycles. The van der Waals surface area contributed by atoms with Crippen molar-refractivity contribution in [1.29, 1.82) is 0 Å². The van der Waals surface area contributed by atoms with E-state index in [9.17, 15) is 9.90 Å². The first-order valence-electron chi connectivity index (χ1n) is 7.61. The molecule has 1 aromatic carbocycles. The second kappa shape index (κ2) is 7.46. The van der Waals surface area contributed by atoms with E-state index in [0.717, 1.165) is 20.6 Å². The normalized spacial score (nSPS) is 12.5. The van der Waals surface area contributed by atoms with Gasteiger partial charge in [0.25, 0.3) is 5.56 Å². The number of aliphatic hydroxyl groups is 1. The van der Waals surface area contributed by atoms with Crippen molar-refractivity contribution in [2.45, 2.75) is 26.0 Å². The number of thiophene rings is 1. The number of aliphatic hydroxyl groups excluding tert-OH is 1. The molecule has 5 nitrogen and oxygen atoms in total. The van der Waals surface area contributed by atoms with Gasteiger partial charge in [-0.25, -0.2) is 4.98 Å². The maximum atomic E-state index is 12.5. The van der Waals surface area contributed by atoms with Crippen LogP contribution in [0.1, 0.15) is 11.8 Å². The van der Waals surface area contributed by atoms with Crippen molar-refractivity contribution in [3.05, 3.63) is 56.4 Å². The lowest BCUT2D eigenvalue weighted by atomic mass is 10.3. The molecule has 0 aliphatic rings. The molecular weight excluding hydrogens is 392 g/mol. The second-order valence-electron chi connectivity index (χ2n) is 5.41. The highest BCUT2D eigenvalue weighted by molar-refractivity contribution is 9.10. The highest BCUT2D eigenvalue weighted by atomic mass is 79.9. The Hall–Kier alpha value is -1.70. The number of ether oxygens (including phenoxy) is 1. The molecule has 0 saturated heterocycles. The van der Waals surface area contributed by atoms with Crippen molar-refractivity contribution < 1.29 is 9.84 Å². The summed E-state index contributed by atoms with van der Waals surface area (Å²) in [6.07, 6.45) is 1.57. The van der Waals surface area contributed by atoms with E-state index in [1.807, 2.05) is 37.3 Å². The van der Waals surface area contributed by atoms with E-state index in [1.54, 1.807) is 0 Å². The van der Waals surface area contributed by atoms with Crippen LogP contribution in [0.4, 0.5) is 0 Å². The topological polar surface area (TPSA) is 64.4 Å². The number of rotatable bonds is 6. The average Bonchev–Trinajstić information content (AvgIpc) is 3.01. The van der Waals surface area contributed by atoms with Crippen molar-refractivity contribution >= 4 is 37.5 Å². The van der Waals surface area contributed by atoms with Gasteiger partial charge in [-0.1, -0.05) is 22.9 Å². The molecule has 0 spiro atoms. The number of benzene rings is 1. The molecule has 0 fully saturated rings. The predicted octanol–water partition coefficient (Wildman–Crippen LogP) is 3.22. The van der Waals surface area contributed by atoms with Crippen molar-refractivity contribution in [2.24, 2.45) is 0 Å². The molecule has 0 amide bonds. The SMILES string of the molecule is CCc1cc2c(=O)n(C[C@@H](O)COc3ccc(Br)cc3)cnc2s1. The van der Waals surface area contributed by atoms with Crippen LogP contribution in [0.3, 0.4) is 0 Å². The Morgan fingerprint density at radius 3 is 2.83 bits per heavy atom. The summed E-state index contributed by atoms with van der Waals surface area (Å²) < 4.78 is 7.94. The maximum Gasteiger partial charge on any atom is 0.262 e. The van der Waals surface area contributed by atoms with Crippen LogP contribution in [-0.2, 0) is 13.0 Å². The fourth-order valence-corrected chi connectivity index (χ4v) is 3.51. The first kappa shape index (κ1) is 17.1. The zero-order valence-corrected chi connectivity index (χ0v) is 15.5. The van der Waals surface area contributed by atoms with Crippen LogP contribution >= 0.6 is 27.3 Å². The molecule has 2 aromatic heterocycles. The number of nitrogens with zero attached hydrogens (tertiary/aromatic N) is 2. The highest BCUT2D eigenvalue weighted by Gasteiger charge is 2.12. The third-order valence-electron chi connectivity index (χ3n) is 3.58. The molecule has 0 unspecified atom stereocenters. The lowest BCUT2D eigenvalue weighted by molar-refractivity contribution is 0.0915. The van der Waals surface area contributed by atoms with Crippen LogP contribution in [0.25, 0.3) is 10.2 Å². The van der Waals surface area contributed by atoms with Crippen LogP contribution < -0.4 is 10.3 Å². The number of aromatic nitrogens is 2. The summed E-state index contributed by atoms with van der Waals surface area (Å²) in [6.45, 7) is 2.30. The van der Waals surface area contributed by atoms with Crippen molar-refractivity contribution in [2.75, 3.05) is 6.61 Å². The molecule has 2 heterocycles. The molecule has 0 saturated carbocycles. The van der Waals surface area contributed by atoms with Gasteiger partial charge in [0, 0.05) is 9.35 Å². The minimum atomic E-state index is -0.796. The zero-order valence-electron chi connectivity index (χ0n) is 13.1.